The van der Waals surface area contributed by atoms with Gasteiger partial charge in [0.2, 0.25) is 0 Å². The van der Waals surface area contributed by atoms with Gasteiger partial charge in [-0.3, -0.25) is 0 Å². The van der Waals surface area contributed by atoms with E-state index in [0.29, 0.717) is 0 Å². The molecule has 1 heterocycles. The van der Waals surface area contributed by atoms with Gasteiger partial charge in [-0.15, -0.1) is 11.3 Å². The highest BCUT2D eigenvalue weighted by Crippen LogP contribution is 2.33. The molecule has 0 amide bonds. The molecule has 102 valence electrons. The lowest BCUT2D eigenvalue weighted by molar-refractivity contribution is 0.630. The van der Waals surface area contributed by atoms with Crippen molar-refractivity contribution in [1.29, 1.82) is 0 Å². The normalized spacial score (nSPS) is 12.8. The molecule has 0 saturated carbocycles. The number of hydrogen-bond acceptors (Lipinski definition) is 2. The van der Waals surface area contributed by atoms with Crippen LogP contribution in [0, 0.1) is 19.7 Å². The average molecular weight is 285 g/mol. The summed E-state index contributed by atoms with van der Waals surface area (Å²) in [6.45, 7) is 4.15. The number of hydrogen-bond donors (Lipinski definition) is 1. The van der Waals surface area contributed by atoms with Gasteiger partial charge in [-0.2, -0.15) is 0 Å². The van der Waals surface area contributed by atoms with E-state index in [1.165, 1.54) is 17.2 Å². The van der Waals surface area contributed by atoms with Crippen LogP contribution < -0.4 is 5.73 Å². The van der Waals surface area contributed by atoms with E-state index in [4.69, 9.17) is 5.73 Å². The summed E-state index contributed by atoms with van der Waals surface area (Å²) in [6, 6.07) is 13.1. The molecule has 2 aromatic carbocycles. The number of benzene rings is 2. The molecular formula is C17H16FNS. The first-order valence-electron chi connectivity index (χ1n) is 6.56. The van der Waals surface area contributed by atoms with Gasteiger partial charge in [0, 0.05) is 9.58 Å². The summed E-state index contributed by atoms with van der Waals surface area (Å²) in [7, 11) is 0. The first-order valence-corrected chi connectivity index (χ1v) is 7.38. The molecule has 0 aliphatic heterocycles. The van der Waals surface area contributed by atoms with Gasteiger partial charge in [-0.25, -0.2) is 4.39 Å². The number of aryl methyl sites for hydroxylation is 2. The van der Waals surface area contributed by atoms with Crippen molar-refractivity contribution in [2.75, 3.05) is 0 Å². The standard InChI is InChI=1S/C17H16FNS/c1-10-3-6-14(11(2)7-10)17(19)16-8-12-4-5-13(18)9-15(12)20-16/h3-9,17H,19H2,1-2H3. The molecule has 0 bridgehead atoms. The van der Waals surface area contributed by atoms with Gasteiger partial charge in [0.1, 0.15) is 5.82 Å². The summed E-state index contributed by atoms with van der Waals surface area (Å²) in [6.07, 6.45) is 0. The molecule has 0 aliphatic rings. The average Bonchev–Trinajstić information content (AvgIpc) is 2.81. The predicted octanol–water partition coefficient (Wildman–Crippen LogP) is 4.71. The van der Waals surface area contributed by atoms with Crippen molar-refractivity contribution in [2.24, 2.45) is 5.73 Å². The molecule has 3 aromatic rings. The van der Waals surface area contributed by atoms with Crippen molar-refractivity contribution >= 4 is 21.4 Å². The van der Waals surface area contributed by atoms with Crippen molar-refractivity contribution in [3.05, 3.63) is 69.8 Å². The van der Waals surface area contributed by atoms with Crippen LogP contribution in [0.4, 0.5) is 4.39 Å². The van der Waals surface area contributed by atoms with Crippen molar-refractivity contribution < 1.29 is 4.39 Å². The topological polar surface area (TPSA) is 26.0 Å². The van der Waals surface area contributed by atoms with Crippen molar-refractivity contribution in [1.82, 2.24) is 0 Å². The van der Waals surface area contributed by atoms with E-state index in [-0.39, 0.29) is 11.9 Å². The summed E-state index contributed by atoms with van der Waals surface area (Å²) in [4.78, 5) is 1.07. The van der Waals surface area contributed by atoms with Crippen LogP contribution in [0.2, 0.25) is 0 Å². The van der Waals surface area contributed by atoms with Gasteiger partial charge in [-0.1, -0.05) is 29.8 Å². The molecular weight excluding hydrogens is 269 g/mol. The second-order valence-electron chi connectivity index (χ2n) is 5.17. The van der Waals surface area contributed by atoms with Gasteiger partial charge < -0.3 is 5.73 Å². The molecule has 1 unspecified atom stereocenters. The van der Waals surface area contributed by atoms with Crippen molar-refractivity contribution in [2.45, 2.75) is 19.9 Å². The molecule has 3 rings (SSSR count). The zero-order chi connectivity index (χ0) is 14.3. The lowest BCUT2D eigenvalue weighted by Crippen LogP contribution is -2.11. The minimum Gasteiger partial charge on any atom is -0.320 e. The third kappa shape index (κ3) is 2.35. The van der Waals surface area contributed by atoms with Crippen LogP contribution in [-0.4, -0.2) is 0 Å². The molecule has 0 saturated heterocycles. The highest BCUT2D eigenvalue weighted by molar-refractivity contribution is 7.19. The summed E-state index contributed by atoms with van der Waals surface area (Å²) in [5.41, 5.74) is 9.94. The highest BCUT2D eigenvalue weighted by Gasteiger charge is 2.14. The Kier molecular flexibility index (Phi) is 3.32. The van der Waals surface area contributed by atoms with Gasteiger partial charge in [0.05, 0.1) is 6.04 Å². The molecule has 0 aliphatic carbocycles. The summed E-state index contributed by atoms with van der Waals surface area (Å²) >= 11 is 1.56. The zero-order valence-corrected chi connectivity index (χ0v) is 12.3. The largest absolute Gasteiger partial charge is 0.320 e. The SMILES string of the molecule is Cc1ccc(C(N)c2cc3ccc(F)cc3s2)c(C)c1. The summed E-state index contributed by atoms with van der Waals surface area (Å²) in [5, 5.41) is 1.05. The van der Waals surface area contributed by atoms with Crippen LogP contribution in [0.1, 0.15) is 27.6 Å². The maximum absolute atomic E-state index is 13.3. The molecule has 1 aromatic heterocycles. The van der Waals surface area contributed by atoms with Crippen molar-refractivity contribution in [3.8, 4) is 0 Å². The van der Waals surface area contributed by atoms with E-state index in [0.717, 1.165) is 20.5 Å². The molecule has 3 heteroatoms. The van der Waals surface area contributed by atoms with E-state index >= 15 is 0 Å². The molecule has 2 N–H and O–H groups in total. The number of nitrogens with two attached hydrogens (primary N) is 1. The minimum absolute atomic E-state index is 0.156. The van der Waals surface area contributed by atoms with Crippen LogP contribution in [0.25, 0.3) is 10.1 Å². The maximum atomic E-state index is 13.3. The highest BCUT2D eigenvalue weighted by atomic mass is 32.1. The monoisotopic (exact) mass is 285 g/mol. The van der Waals surface area contributed by atoms with Gasteiger partial charge in [0.25, 0.3) is 0 Å². The molecule has 0 spiro atoms. The minimum atomic E-state index is -0.203. The number of thiophene rings is 1. The van der Waals surface area contributed by atoms with Gasteiger partial charge >= 0.3 is 0 Å². The second-order valence-corrected chi connectivity index (χ2v) is 6.28. The van der Waals surface area contributed by atoms with Crippen LogP contribution >= 0.6 is 11.3 Å². The molecule has 20 heavy (non-hydrogen) atoms. The predicted molar refractivity (Wildman–Crippen MR) is 83.7 cm³/mol. The quantitative estimate of drug-likeness (QED) is 0.725. The van der Waals surface area contributed by atoms with E-state index in [2.05, 4.69) is 38.1 Å². The Hall–Kier alpha value is -1.71. The van der Waals surface area contributed by atoms with Gasteiger partial charge in [0.15, 0.2) is 0 Å². The first-order chi connectivity index (χ1) is 9.54. The van der Waals surface area contributed by atoms with Crippen LogP contribution in [0.15, 0.2) is 42.5 Å². The maximum Gasteiger partial charge on any atom is 0.124 e. The van der Waals surface area contributed by atoms with E-state index < -0.39 is 0 Å². The lowest BCUT2D eigenvalue weighted by atomic mass is 9.98. The van der Waals surface area contributed by atoms with Crippen LogP contribution in [-0.2, 0) is 0 Å². The third-order valence-corrected chi connectivity index (χ3v) is 4.75. The fourth-order valence-corrected chi connectivity index (χ4v) is 3.62. The third-order valence-electron chi connectivity index (χ3n) is 3.57. The Balaban J connectivity index is 2.05. The summed E-state index contributed by atoms with van der Waals surface area (Å²) in [5.74, 6) is -0.203. The zero-order valence-electron chi connectivity index (χ0n) is 11.5. The molecule has 0 fully saturated rings. The summed E-state index contributed by atoms with van der Waals surface area (Å²) < 4.78 is 14.2. The second kappa shape index (κ2) is 5.00. The number of fused-ring (bicyclic) bond motifs is 1. The lowest BCUT2D eigenvalue weighted by Gasteiger charge is -2.13. The van der Waals surface area contributed by atoms with Crippen LogP contribution in [0.3, 0.4) is 0 Å². The fourth-order valence-electron chi connectivity index (χ4n) is 2.51. The Morgan fingerprint density at radius 1 is 1.05 bits per heavy atom. The molecule has 1 nitrogen and oxygen atoms in total. The molecule has 1 atom stereocenters. The van der Waals surface area contributed by atoms with Gasteiger partial charge in [-0.05, 0) is 48.6 Å². The Labute approximate surface area is 121 Å². The Morgan fingerprint density at radius 3 is 2.60 bits per heavy atom. The smallest absolute Gasteiger partial charge is 0.124 e. The van der Waals surface area contributed by atoms with Crippen molar-refractivity contribution in [3.63, 3.8) is 0 Å². The Bertz CT molecular complexity index is 776. The van der Waals surface area contributed by atoms with E-state index in [1.807, 2.05) is 0 Å². The number of halogens is 1. The van der Waals surface area contributed by atoms with E-state index in [1.54, 1.807) is 23.5 Å². The Morgan fingerprint density at radius 2 is 1.85 bits per heavy atom. The first kappa shape index (κ1) is 13.3. The fraction of sp³-hybridized carbons (Fsp3) is 0.176. The number of rotatable bonds is 2. The molecule has 0 radical (unpaired) electrons. The van der Waals surface area contributed by atoms with E-state index in [9.17, 15) is 4.39 Å². The van der Waals surface area contributed by atoms with Crippen LogP contribution in [0.5, 0.6) is 0 Å².